The first-order valence-electron chi connectivity index (χ1n) is 6.43. The Bertz CT molecular complexity index is 625. The summed E-state index contributed by atoms with van der Waals surface area (Å²) in [6.07, 6.45) is 0. The fraction of sp³-hybridized carbons (Fsp3) is 0.462. The lowest BCUT2D eigenvalue weighted by Gasteiger charge is -2.27. The molecule has 1 saturated heterocycles. The van der Waals surface area contributed by atoms with Gasteiger partial charge in [0.15, 0.2) is 5.78 Å². The second-order valence-corrected chi connectivity index (χ2v) is 5.70. The Kier molecular flexibility index (Phi) is 4.92. The SMILES string of the molecule is CC(=O)c1ccc(OS(=O)(=O)F)c(CN2CCOCC2)c1. The fourth-order valence-corrected chi connectivity index (χ4v) is 2.49. The van der Waals surface area contributed by atoms with E-state index in [0.717, 1.165) is 0 Å². The van der Waals surface area contributed by atoms with Crippen LogP contribution in [0.4, 0.5) is 3.89 Å². The molecule has 1 heterocycles. The van der Waals surface area contributed by atoms with Gasteiger partial charge in [-0.05, 0) is 25.1 Å². The van der Waals surface area contributed by atoms with E-state index < -0.39 is 10.5 Å². The van der Waals surface area contributed by atoms with Gasteiger partial charge in [0.05, 0.1) is 13.2 Å². The Morgan fingerprint density at radius 2 is 2.05 bits per heavy atom. The predicted molar refractivity (Wildman–Crippen MR) is 73.2 cm³/mol. The quantitative estimate of drug-likeness (QED) is 0.602. The minimum atomic E-state index is -5.10. The number of Topliss-reactive ketones (excluding diaryl/α,β-unsaturated/α-hetero) is 1. The molecule has 0 N–H and O–H groups in total. The molecular weight excluding hydrogens is 301 g/mol. The molecule has 0 aromatic heterocycles. The van der Waals surface area contributed by atoms with Gasteiger partial charge in [-0.1, -0.05) is 3.89 Å². The number of carbonyl (C=O) groups is 1. The molecule has 2 rings (SSSR count). The third kappa shape index (κ3) is 4.76. The van der Waals surface area contributed by atoms with Gasteiger partial charge >= 0.3 is 10.5 Å². The van der Waals surface area contributed by atoms with Crippen molar-refractivity contribution in [3.05, 3.63) is 29.3 Å². The number of nitrogens with zero attached hydrogens (tertiary/aromatic N) is 1. The van der Waals surface area contributed by atoms with E-state index in [-0.39, 0.29) is 11.5 Å². The minimum absolute atomic E-state index is 0.103. The number of rotatable bonds is 5. The molecule has 0 unspecified atom stereocenters. The maximum atomic E-state index is 12.7. The van der Waals surface area contributed by atoms with Crippen LogP contribution in [0.5, 0.6) is 5.75 Å². The van der Waals surface area contributed by atoms with Crippen molar-refractivity contribution in [1.82, 2.24) is 4.90 Å². The first-order valence-corrected chi connectivity index (χ1v) is 7.74. The van der Waals surface area contributed by atoms with Crippen LogP contribution in [0.2, 0.25) is 0 Å². The van der Waals surface area contributed by atoms with E-state index >= 15 is 0 Å². The van der Waals surface area contributed by atoms with Crippen LogP contribution in [0.3, 0.4) is 0 Å². The highest BCUT2D eigenvalue weighted by Crippen LogP contribution is 2.24. The predicted octanol–water partition coefficient (Wildman–Crippen LogP) is 1.31. The van der Waals surface area contributed by atoms with E-state index in [4.69, 9.17) is 4.74 Å². The average molecular weight is 317 g/mol. The van der Waals surface area contributed by atoms with E-state index in [1.54, 1.807) is 0 Å². The van der Waals surface area contributed by atoms with Gasteiger partial charge in [0, 0.05) is 30.8 Å². The minimum Gasteiger partial charge on any atom is -0.379 e. The zero-order valence-corrected chi connectivity index (χ0v) is 12.4. The maximum absolute atomic E-state index is 12.7. The van der Waals surface area contributed by atoms with Crippen molar-refractivity contribution in [2.24, 2.45) is 0 Å². The highest BCUT2D eigenvalue weighted by molar-refractivity contribution is 7.81. The van der Waals surface area contributed by atoms with Gasteiger partial charge in [-0.15, -0.1) is 0 Å². The Balaban J connectivity index is 2.28. The molecule has 1 fully saturated rings. The normalized spacial score (nSPS) is 16.7. The molecule has 0 bridgehead atoms. The largest absolute Gasteiger partial charge is 0.488 e. The molecule has 116 valence electrons. The van der Waals surface area contributed by atoms with Crippen molar-refractivity contribution < 1.29 is 26.0 Å². The van der Waals surface area contributed by atoms with Gasteiger partial charge < -0.3 is 8.92 Å². The molecule has 6 nitrogen and oxygen atoms in total. The zero-order chi connectivity index (χ0) is 15.5. The van der Waals surface area contributed by atoms with E-state index in [1.807, 2.05) is 4.90 Å². The lowest BCUT2D eigenvalue weighted by molar-refractivity contribution is 0.0340. The standard InChI is InChI=1S/C13H16FNO5S/c1-10(16)11-2-3-13(20-21(14,17)18)12(8-11)9-15-4-6-19-7-5-15/h2-3,8H,4-7,9H2,1H3. The zero-order valence-electron chi connectivity index (χ0n) is 11.5. The first-order chi connectivity index (χ1) is 9.85. The topological polar surface area (TPSA) is 72.9 Å². The summed E-state index contributed by atoms with van der Waals surface area (Å²) in [6.45, 7) is 4.25. The lowest BCUT2D eigenvalue weighted by atomic mass is 10.1. The van der Waals surface area contributed by atoms with E-state index in [2.05, 4.69) is 4.18 Å². The van der Waals surface area contributed by atoms with Crippen LogP contribution in [-0.4, -0.2) is 45.4 Å². The van der Waals surface area contributed by atoms with Gasteiger partial charge in [-0.3, -0.25) is 9.69 Å². The Morgan fingerprint density at radius 3 is 2.62 bits per heavy atom. The number of carbonyl (C=O) groups excluding carboxylic acids is 1. The molecule has 1 aliphatic heterocycles. The number of morpholine rings is 1. The van der Waals surface area contributed by atoms with E-state index in [0.29, 0.717) is 44.0 Å². The number of hydrogen-bond donors (Lipinski definition) is 0. The maximum Gasteiger partial charge on any atom is 0.488 e. The molecule has 0 spiro atoms. The number of hydrogen-bond acceptors (Lipinski definition) is 6. The number of ether oxygens (including phenoxy) is 1. The van der Waals surface area contributed by atoms with Gasteiger partial charge in [0.25, 0.3) is 0 Å². The Labute approximate surface area is 122 Å². The first kappa shape index (κ1) is 15.9. The fourth-order valence-electron chi connectivity index (χ4n) is 2.11. The summed E-state index contributed by atoms with van der Waals surface area (Å²) < 4.78 is 43.7. The van der Waals surface area contributed by atoms with E-state index in [9.17, 15) is 17.1 Å². The van der Waals surface area contributed by atoms with E-state index in [1.165, 1.54) is 25.1 Å². The third-order valence-corrected chi connectivity index (χ3v) is 3.53. The van der Waals surface area contributed by atoms with Crippen molar-refractivity contribution in [1.29, 1.82) is 0 Å². The van der Waals surface area contributed by atoms with Crippen molar-refractivity contribution in [3.63, 3.8) is 0 Å². The highest BCUT2D eigenvalue weighted by Gasteiger charge is 2.18. The van der Waals surface area contributed by atoms with Gasteiger partial charge in [-0.2, -0.15) is 8.42 Å². The van der Waals surface area contributed by atoms with Crippen LogP contribution >= 0.6 is 0 Å². The number of halogens is 1. The van der Waals surface area contributed by atoms with Crippen molar-refractivity contribution in [3.8, 4) is 5.75 Å². The molecule has 8 heteroatoms. The second kappa shape index (κ2) is 6.50. The summed E-state index contributed by atoms with van der Waals surface area (Å²) in [4.78, 5) is 13.4. The smallest absolute Gasteiger partial charge is 0.379 e. The molecule has 0 aliphatic carbocycles. The van der Waals surface area contributed by atoms with Crippen LogP contribution in [-0.2, 0) is 21.8 Å². The monoisotopic (exact) mass is 317 g/mol. The molecule has 0 amide bonds. The number of ketones is 1. The van der Waals surface area contributed by atoms with Gasteiger partial charge in [-0.25, -0.2) is 0 Å². The van der Waals surface area contributed by atoms with Gasteiger partial charge in [0.1, 0.15) is 5.75 Å². The lowest BCUT2D eigenvalue weighted by Crippen LogP contribution is -2.35. The summed E-state index contributed by atoms with van der Waals surface area (Å²) >= 11 is 0. The van der Waals surface area contributed by atoms with Crippen LogP contribution in [0.1, 0.15) is 22.8 Å². The molecule has 0 atom stereocenters. The average Bonchev–Trinajstić information content (AvgIpc) is 2.40. The summed E-state index contributed by atoms with van der Waals surface area (Å²) in [5.74, 6) is -0.262. The molecule has 1 aromatic rings. The summed E-state index contributed by atoms with van der Waals surface area (Å²) in [6, 6.07) is 4.23. The highest BCUT2D eigenvalue weighted by atomic mass is 32.3. The molecule has 1 aliphatic rings. The Morgan fingerprint density at radius 1 is 1.38 bits per heavy atom. The van der Waals surface area contributed by atoms with Gasteiger partial charge in [0.2, 0.25) is 0 Å². The van der Waals surface area contributed by atoms with Crippen molar-refractivity contribution in [2.75, 3.05) is 26.3 Å². The second-order valence-electron chi connectivity index (χ2n) is 4.74. The van der Waals surface area contributed by atoms with Crippen LogP contribution in [0.15, 0.2) is 18.2 Å². The summed E-state index contributed by atoms with van der Waals surface area (Å²) in [5.41, 5.74) is 0.868. The Hall–Kier alpha value is -1.51. The van der Waals surface area contributed by atoms with Crippen molar-refractivity contribution in [2.45, 2.75) is 13.5 Å². The van der Waals surface area contributed by atoms with Crippen LogP contribution in [0.25, 0.3) is 0 Å². The summed E-state index contributed by atoms with van der Waals surface area (Å²) in [7, 11) is -5.10. The van der Waals surface area contributed by atoms with Crippen LogP contribution < -0.4 is 4.18 Å². The molecule has 0 radical (unpaired) electrons. The third-order valence-electron chi connectivity index (χ3n) is 3.15. The van der Waals surface area contributed by atoms with Crippen molar-refractivity contribution >= 4 is 16.3 Å². The summed E-state index contributed by atoms with van der Waals surface area (Å²) in [5, 5.41) is 0. The molecular formula is C13H16FNO5S. The molecule has 1 aromatic carbocycles. The molecule has 21 heavy (non-hydrogen) atoms. The molecule has 0 saturated carbocycles. The van der Waals surface area contributed by atoms with Crippen LogP contribution in [0, 0.1) is 0 Å². The number of benzene rings is 1.